The van der Waals surface area contributed by atoms with Crippen molar-refractivity contribution < 1.29 is 49.0 Å². The topological polar surface area (TPSA) is 0 Å². The Labute approximate surface area is 311 Å². The van der Waals surface area contributed by atoms with Gasteiger partial charge in [0.1, 0.15) is 0 Å². The van der Waals surface area contributed by atoms with Crippen LogP contribution >= 0.6 is 0 Å². The molecule has 3 heteroatoms. The number of rotatable bonds is 4. The predicted octanol–water partition coefficient (Wildman–Crippen LogP) is 6.11. The van der Waals surface area contributed by atoms with Crippen LogP contribution in [0.4, 0.5) is 0 Å². The van der Waals surface area contributed by atoms with Crippen LogP contribution in [0.1, 0.15) is 148 Å². The number of benzene rings is 2. The van der Waals surface area contributed by atoms with Crippen molar-refractivity contribution in [3.05, 3.63) is 83.0 Å². The van der Waals surface area contributed by atoms with Crippen molar-refractivity contribution in [1.82, 2.24) is 0 Å². The van der Waals surface area contributed by atoms with Crippen molar-refractivity contribution in [1.29, 1.82) is 0 Å². The minimum atomic E-state index is 0. The molecule has 0 spiro atoms. The van der Waals surface area contributed by atoms with Crippen molar-refractivity contribution in [2.45, 2.75) is 143 Å². The van der Waals surface area contributed by atoms with E-state index in [2.05, 4.69) is 104 Å². The molecule has 4 aliphatic rings. The van der Waals surface area contributed by atoms with Crippen LogP contribution in [0.3, 0.4) is 0 Å². The second kappa shape index (κ2) is 18.9. The Balaban J connectivity index is 0.000000270. The first-order valence-corrected chi connectivity index (χ1v) is 19.1. The normalized spacial score (nSPS) is 18.8. The molecule has 2 saturated carbocycles. The molecule has 0 amide bonds. The largest absolute Gasteiger partial charge is 1.00 e. The van der Waals surface area contributed by atoms with Gasteiger partial charge in [0.25, 0.3) is 0 Å². The summed E-state index contributed by atoms with van der Waals surface area (Å²) in [5.74, 6) is 3.89. The van der Waals surface area contributed by atoms with Crippen molar-refractivity contribution in [3.8, 4) is 11.1 Å². The molecule has 0 radical (unpaired) electrons. The molecule has 0 bridgehead atoms. The monoisotopic (exact) mass is 736 g/mol. The van der Waals surface area contributed by atoms with E-state index in [1.807, 2.05) is 15.4 Å². The second-order valence-corrected chi connectivity index (χ2v) is 17.6. The van der Waals surface area contributed by atoms with Crippen LogP contribution in [-0.4, -0.2) is 3.21 Å². The minimum absolute atomic E-state index is 0. The van der Waals surface area contributed by atoms with E-state index in [9.17, 15) is 0 Å². The van der Waals surface area contributed by atoms with Gasteiger partial charge in [-0.2, -0.15) is 35.4 Å². The van der Waals surface area contributed by atoms with Crippen LogP contribution in [0, 0.1) is 35.8 Å². The van der Waals surface area contributed by atoms with Gasteiger partial charge >= 0.3 is 129 Å². The molecule has 0 aliphatic heterocycles. The van der Waals surface area contributed by atoms with Gasteiger partial charge in [-0.05, 0) is 17.4 Å². The first-order chi connectivity index (χ1) is 20.9. The maximum atomic E-state index is 3.53. The van der Waals surface area contributed by atoms with Gasteiger partial charge in [-0.3, -0.25) is 6.08 Å². The number of hydrogen-bond acceptors (Lipinski definition) is 0. The third-order valence-corrected chi connectivity index (χ3v) is 13.0. The minimum Gasteiger partial charge on any atom is -1.00 e. The Morgan fingerprint density at radius 1 is 0.739 bits per heavy atom. The maximum absolute atomic E-state index is 3.53. The fourth-order valence-electron chi connectivity index (χ4n) is 7.52. The van der Waals surface area contributed by atoms with E-state index < -0.39 is 0 Å². The number of halogens is 2. The smallest absolute Gasteiger partial charge is 0.109 e. The first-order valence-electron chi connectivity index (χ1n) is 17.8. The molecular weight excluding hydrogens is 679 g/mol. The molecule has 0 saturated heterocycles. The Bertz CT molecular complexity index is 1200. The number of allylic oxidation sites excluding steroid dienone is 4. The molecule has 0 N–H and O–H groups in total. The zero-order valence-corrected chi connectivity index (χ0v) is 34.1. The van der Waals surface area contributed by atoms with Gasteiger partial charge in [0.05, 0.1) is 0 Å². The van der Waals surface area contributed by atoms with E-state index in [1.54, 1.807) is 24.2 Å². The van der Waals surface area contributed by atoms with E-state index in [1.165, 1.54) is 97.6 Å². The molecular formula is C43H60Cl2Zr-2. The summed E-state index contributed by atoms with van der Waals surface area (Å²) < 4.78 is 1.92. The third kappa shape index (κ3) is 11.4. The van der Waals surface area contributed by atoms with E-state index >= 15 is 0 Å². The summed E-state index contributed by atoms with van der Waals surface area (Å²) in [6, 6.07) is 15.1. The van der Waals surface area contributed by atoms with Gasteiger partial charge in [-0.1, -0.05) is 76.3 Å². The molecule has 252 valence electrons. The van der Waals surface area contributed by atoms with E-state index in [0.717, 1.165) is 36.5 Å². The molecule has 0 heterocycles. The van der Waals surface area contributed by atoms with E-state index in [4.69, 9.17) is 0 Å². The number of hydrogen-bond donors (Lipinski definition) is 0. The third-order valence-electron chi connectivity index (χ3n) is 10.8. The average molecular weight is 739 g/mol. The summed E-state index contributed by atoms with van der Waals surface area (Å²) in [6.07, 6.45) is 26.0. The van der Waals surface area contributed by atoms with Crippen LogP contribution in [0.5, 0.6) is 0 Å². The zero-order chi connectivity index (χ0) is 31.9. The summed E-state index contributed by atoms with van der Waals surface area (Å²) in [5.41, 5.74) is 8.76. The molecule has 2 unspecified atom stereocenters. The van der Waals surface area contributed by atoms with Crippen molar-refractivity contribution in [3.63, 3.8) is 0 Å². The summed E-state index contributed by atoms with van der Waals surface area (Å²) in [6.45, 7) is 18.7. The Morgan fingerprint density at radius 2 is 1.26 bits per heavy atom. The van der Waals surface area contributed by atoms with Crippen LogP contribution in [0.25, 0.3) is 11.1 Å². The second-order valence-electron chi connectivity index (χ2n) is 16.2. The Hall–Kier alpha value is -0.747. The molecule has 4 aliphatic carbocycles. The fraction of sp³-hybridized carbons (Fsp3) is 0.605. The summed E-state index contributed by atoms with van der Waals surface area (Å²) in [7, 11) is 0. The Morgan fingerprint density at radius 3 is 1.70 bits per heavy atom. The molecule has 2 aromatic carbocycles. The van der Waals surface area contributed by atoms with Gasteiger partial charge in [0.15, 0.2) is 0 Å². The predicted molar refractivity (Wildman–Crippen MR) is 189 cm³/mol. The quantitative estimate of drug-likeness (QED) is 0.284. The van der Waals surface area contributed by atoms with Gasteiger partial charge < -0.3 is 24.8 Å². The molecule has 0 nitrogen and oxygen atoms in total. The van der Waals surface area contributed by atoms with E-state index in [-0.39, 0.29) is 35.6 Å². The van der Waals surface area contributed by atoms with Crippen LogP contribution < -0.4 is 24.8 Å². The first kappa shape index (κ1) is 41.4. The van der Waals surface area contributed by atoms with Crippen LogP contribution in [0.15, 0.2) is 48.6 Å². The molecule has 46 heavy (non-hydrogen) atoms. The average Bonchev–Trinajstić information content (AvgIpc) is 3.72. The zero-order valence-electron chi connectivity index (χ0n) is 30.2. The Kier molecular flexibility index (Phi) is 17.0. The van der Waals surface area contributed by atoms with Gasteiger partial charge in [-0.25, -0.2) is 12.2 Å². The van der Waals surface area contributed by atoms with Gasteiger partial charge in [-0.15, -0.1) is 12.0 Å². The van der Waals surface area contributed by atoms with Crippen molar-refractivity contribution in [2.75, 3.05) is 0 Å². The van der Waals surface area contributed by atoms with Gasteiger partial charge in [0.2, 0.25) is 0 Å². The van der Waals surface area contributed by atoms with Crippen LogP contribution in [-0.2, 0) is 41.5 Å². The molecule has 2 aromatic rings. The molecule has 0 aromatic heterocycles. The summed E-state index contributed by atoms with van der Waals surface area (Å²) in [5, 5.41) is 0. The van der Waals surface area contributed by atoms with E-state index in [0.29, 0.717) is 0 Å². The summed E-state index contributed by atoms with van der Waals surface area (Å²) >= 11 is 1.74. The fourth-order valence-corrected chi connectivity index (χ4v) is 8.67. The van der Waals surface area contributed by atoms with Crippen LogP contribution in [0.2, 0.25) is 0 Å². The standard InChI is InChI=1S/C21H25.C17H30.C5H5.2ClH.Zr/c1-20(2,3)16-9-7-14-11-15-8-10-17(21(4,5)6)13-19(15)18(14)12-16;1-14(16-9-5-3-6-10-16)13-15(2)17-11-7-4-8-12-17;1-2-4-5-3-1;;;/h7,9-10,12-13H,11H2,1-6H3;14-17H,3-12H2,1-2H3;1-3H,4H2;2*1H;/q-1;;-1;;;+2/p-2. The SMILES string of the molecule is CC(C)(C)c1c[c-]c2c(c1)-c1cc(C(C)(C)C)ccc1C2.CC([C](=[Zr+2])C(C)C1CCCCC1)C1CCCCC1.[C-]1=CC=CC1.[Cl-].[Cl-]. The summed E-state index contributed by atoms with van der Waals surface area (Å²) in [4.78, 5) is 0. The van der Waals surface area contributed by atoms with Gasteiger partial charge in [0, 0.05) is 0 Å². The molecule has 2 fully saturated rings. The molecule has 2 atom stereocenters. The number of fused-ring (bicyclic) bond motifs is 3. The maximum Gasteiger partial charge on any atom is -0.109 e. The molecule has 6 rings (SSSR count). The van der Waals surface area contributed by atoms with Crippen molar-refractivity contribution in [2.24, 2.45) is 23.7 Å². The van der Waals surface area contributed by atoms with Crippen molar-refractivity contribution >= 4 is 3.21 Å².